The third-order valence-corrected chi connectivity index (χ3v) is 9.16. The molecule has 2 aromatic carbocycles. The van der Waals surface area contributed by atoms with Crippen LogP contribution >= 0.6 is 0 Å². The second-order valence-electron chi connectivity index (χ2n) is 11.4. The van der Waals surface area contributed by atoms with Crippen molar-refractivity contribution in [3.05, 3.63) is 81.4 Å². The first-order chi connectivity index (χ1) is 17.3. The monoisotopic (exact) mass is 486 g/mol. The van der Waals surface area contributed by atoms with E-state index in [0.717, 1.165) is 47.9 Å². The van der Waals surface area contributed by atoms with Gasteiger partial charge in [0.15, 0.2) is 0 Å². The molecule has 2 aliphatic rings. The van der Waals surface area contributed by atoms with E-state index >= 15 is 0 Å². The molecule has 0 aliphatic heterocycles. The molecule has 2 aromatic rings. The average molecular weight is 487 g/mol. The van der Waals surface area contributed by atoms with Crippen LogP contribution < -0.4 is 0 Å². The number of allylic oxidation sites excluding steroid dienone is 4. The molecule has 0 atom stereocenters. The van der Waals surface area contributed by atoms with Crippen molar-refractivity contribution in [2.45, 2.75) is 116 Å². The van der Waals surface area contributed by atoms with Gasteiger partial charge in [0.2, 0.25) is 0 Å². The third-order valence-electron chi connectivity index (χ3n) is 9.16. The lowest BCUT2D eigenvalue weighted by atomic mass is 9.65. The number of aromatic hydroxyl groups is 2. The molecular weight excluding hydrogens is 440 g/mol. The fraction of sp³-hybridized carbons (Fsp3) is 0.529. The molecule has 2 aliphatic carbocycles. The molecule has 2 saturated carbocycles. The van der Waals surface area contributed by atoms with E-state index in [1.807, 2.05) is 12.1 Å². The number of phenols is 2. The molecule has 0 radical (unpaired) electrons. The summed E-state index contributed by atoms with van der Waals surface area (Å²) < 4.78 is 0. The lowest BCUT2D eigenvalue weighted by molar-refractivity contribution is 0.412. The summed E-state index contributed by atoms with van der Waals surface area (Å²) in [6.45, 7) is 10.7. The van der Waals surface area contributed by atoms with Crippen molar-refractivity contribution in [2.24, 2.45) is 0 Å². The fourth-order valence-corrected chi connectivity index (χ4v) is 7.11. The van der Waals surface area contributed by atoms with Gasteiger partial charge < -0.3 is 10.2 Å². The zero-order valence-corrected chi connectivity index (χ0v) is 23.2. The van der Waals surface area contributed by atoms with E-state index in [1.165, 1.54) is 55.2 Å². The van der Waals surface area contributed by atoms with Gasteiger partial charge in [0.05, 0.1) is 5.41 Å². The SMILES string of the molecule is CC=CC(C(C)=CC)(c1cc(C2CCCCC2)c(O)cc1C)c1cc(C2CCCCC2)c(O)cc1C. The Morgan fingerprint density at radius 3 is 1.50 bits per heavy atom. The third kappa shape index (κ3) is 4.89. The molecule has 36 heavy (non-hydrogen) atoms. The number of phenolic OH excluding ortho intramolecular Hbond substituents is 2. The zero-order valence-electron chi connectivity index (χ0n) is 23.2. The highest BCUT2D eigenvalue weighted by atomic mass is 16.3. The minimum atomic E-state index is -0.452. The standard InChI is InChI=1S/C34H46O2/c1-6-18-34(25(5)7-2,30-21-28(32(35)19-23(30)3)26-14-10-8-11-15-26)31-22-29(33(36)20-24(31)4)27-16-12-9-13-17-27/h6-7,18-22,26-27,35-36H,8-17H2,1-5H3. The minimum Gasteiger partial charge on any atom is -0.508 e. The molecule has 0 heterocycles. The van der Waals surface area contributed by atoms with Crippen LogP contribution in [0.25, 0.3) is 0 Å². The normalized spacial score (nSPS) is 18.8. The summed E-state index contributed by atoms with van der Waals surface area (Å²) in [5.41, 5.74) is 7.75. The first-order valence-electron chi connectivity index (χ1n) is 14.3. The van der Waals surface area contributed by atoms with Crippen LogP contribution in [-0.2, 0) is 5.41 Å². The van der Waals surface area contributed by atoms with Crippen LogP contribution in [0.1, 0.15) is 130 Å². The predicted molar refractivity (Wildman–Crippen MR) is 152 cm³/mol. The predicted octanol–water partition coefficient (Wildman–Crippen LogP) is 9.64. The van der Waals surface area contributed by atoms with Crippen LogP contribution in [0.2, 0.25) is 0 Å². The molecule has 2 nitrogen and oxygen atoms in total. The summed E-state index contributed by atoms with van der Waals surface area (Å²) in [6, 6.07) is 8.64. The summed E-state index contributed by atoms with van der Waals surface area (Å²) in [5.74, 6) is 1.74. The number of rotatable bonds is 6. The van der Waals surface area contributed by atoms with Gasteiger partial charge in [-0.2, -0.15) is 0 Å². The van der Waals surface area contributed by atoms with E-state index in [1.54, 1.807) is 0 Å². The Morgan fingerprint density at radius 2 is 1.14 bits per heavy atom. The molecule has 0 spiro atoms. The average Bonchev–Trinajstić information content (AvgIpc) is 2.88. The summed E-state index contributed by atoms with van der Waals surface area (Å²) in [5, 5.41) is 22.1. The van der Waals surface area contributed by atoms with Gasteiger partial charge in [-0.1, -0.05) is 74.5 Å². The van der Waals surface area contributed by atoms with Crippen LogP contribution in [0, 0.1) is 13.8 Å². The van der Waals surface area contributed by atoms with Gasteiger partial charge >= 0.3 is 0 Å². The van der Waals surface area contributed by atoms with Gasteiger partial charge in [-0.3, -0.25) is 0 Å². The fourth-order valence-electron chi connectivity index (χ4n) is 7.11. The smallest absolute Gasteiger partial charge is 0.119 e. The lowest BCUT2D eigenvalue weighted by Crippen LogP contribution is -2.30. The number of hydrogen-bond acceptors (Lipinski definition) is 2. The van der Waals surface area contributed by atoms with Crippen LogP contribution in [0.3, 0.4) is 0 Å². The van der Waals surface area contributed by atoms with Crippen molar-refractivity contribution >= 4 is 0 Å². The maximum Gasteiger partial charge on any atom is 0.119 e. The first kappa shape index (κ1) is 26.6. The van der Waals surface area contributed by atoms with Gasteiger partial charge in [0.25, 0.3) is 0 Å². The lowest BCUT2D eigenvalue weighted by Gasteiger charge is -2.38. The van der Waals surface area contributed by atoms with E-state index in [2.05, 4.69) is 65.0 Å². The Labute approximate surface area is 219 Å². The van der Waals surface area contributed by atoms with E-state index < -0.39 is 5.41 Å². The van der Waals surface area contributed by atoms with Crippen LogP contribution in [-0.4, -0.2) is 10.2 Å². The van der Waals surface area contributed by atoms with Crippen LogP contribution in [0.4, 0.5) is 0 Å². The molecular formula is C34H46O2. The van der Waals surface area contributed by atoms with Gasteiger partial charge in [-0.05, 0) is 118 Å². The summed E-state index contributed by atoms with van der Waals surface area (Å²) in [6.07, 6.45) is 18.9. The van der Waals surface area contributed by atoms with E-state index in [0.29, 0.717) is 23.3 Å². The van der Waals surface area contributed by atoms with Gasteiger partial charge in [-0.15, -0.1) is 0 Å². The Kier molecular flexibility index (Phi) is 8.33. The topological polar surface area (TPSA) is 40.5 Å². The first-order valence-corrected chi connectivity index (χ1v) is 14.3. The molecule has 0 unspecified atom stereocenters. The molecule has 0 amide bonds. The second kappa shape index (κ2) is 11.3. The number of aryl methyl sites for hydroxylation is 2. The molecule has 2 heteroatoms. The van der Waals surface area contributed by atoms with Gasteiger partial charge in [0.1, 0.15) is 11.5 Å². The maximum atomic E-state index is 11.1. The number of hydrogen-bond donors (Lipinski definition) is 2. The van der Waals surface area contributed by atoms with E-state index in [4.69, 9.17) is 0 Å². The summed E-state index contributed by atoms with van der Waals surface area (Å²) >= 11 is 0. The van der Waals surface area contributed by atoms with Crippen LogP contribution in [0.5, 0.6) is 11.5 Å². The molecule has 194 valence electrons. The summed E-state index contributed by atoms with van der Waals surface area (Å²) in [4.78, 5) is 0. The second-order valence-corrected chi connectivity index (χ2v) is 11.4. The van der Waals surface area contributed by atoms with Gasteiger partial charge in [0, 0.05) is 0 Å². The quantitative estimate of drug-likeness (QED) is 0.399. The van der Waals surface area contributed by atoms with Gasteiger partial charge in [-0.25, -0.2) is 0 Å². The Hall–Kier alpha value is -2.48. The van der Waals surface area contributed by atoms with Crippen molar-refractivity contribution in [3.8, 4) is 11.5 Å². The maximum absolute atomic E-state index is 11.1. The molecule has 0 aromatic heterocycles. The molecule has 4 rings (SSSR count). The largest absolute Gasteiger partial charge is 0.508 e. The van der Waals surface area contributed by atoms with Crippen molar-refractivity contribution in [2.75, 3.05) is 0 Å². The highest BCUT2D eigenvalue weighted by molar-refractivity contribution is 5.62. The van der Waals surface area contributed by atoms with Crippen molar-refractivity contribution in [3.63, 3.8) is 0 Å². The highest BCUT2D eigenvalue weighted by Crippen LogP contribution is 2.49. The van der Waals surface area contributed by atoms with Crippen molar-refractivity contribution in [1.82, 2.24) is 0 Å². The molecule has 0 bridgehead atoms. The minimum absolute atomic E-state index is 0.422. The van der Waals surface area contributed by atoms with E-state index in [9.17, 15) is 10.2 Å². The van der Waals surface area contributed by atoms with Crippen molar-refractivity contribution < 1.29 is 10.2 Å². The van der Waals surface area contributed by atoms with E-state index in [-0.39, 0.29) is 0 Å². The number of benzene rings is 2. The molecule has 2 fully saturated rings. The summed E-state index contributed by atoms with van der Waals surface area (Å²) in [7, 11) is 0. The van der Waals surface area contributed by atoms with Crippen molar-refractivity contribution in [1.29, 1.82) is 0 Å². The highest BCUT2D eigenvalue weighted by Gasteiger charge is 2.38. The molecule has 0 saturated heterocycles. The Balaban J connectivity index is 1.99. The van der Waals surface area contributed by atoms with Crippen LogP contribution in [0.15, 0.2) is 48.1 Å². The zero-order chi connectivity index (χ0) is 25.9. The Bertz CT molecular complexity index is 1050. The molecule has 2 N–H and O–H groups in total. The Morgan fingerprint density at radius 1 is 0.722 bits per heavy atom.